The minimum Gasteiger partial charge on any atom is -0.493 e. The average Bonchev–Trinajstić information content (AvgIpc) is 2.78. The highest BCUT2D eigenvalue weighted by Crippen LogP contribution is 2.31. The van der Waals surface area contributed by atoms with Gasteiger partial charge in [-0.2, -0.15) is 0 Å². The number of allylic oxidation sites excluding steroid dienone is 1. The smallest absolute Gasteiger partial charge is 0.221 e. The molecule has 0 saturated carbocycles. The predicted molar refractivity (Wildman–Crippen MR) is 78.5 cm³/mol. The molecule has 0 aliphatic carbocycles. The Labute approximate surface area is 123 Å². The first-order valence-electron chi connectivity index (χ1n) is 6.95. The van der Waals surface area contributed by atoms with Crippen molar-refractivity contribution >= 4 is 15.7 Å². The average molecular weight is 307 g/mol. The predicted octanol–water partition coefficient (Wildman–Crippen LogP) is 1.57. The standard InChI is InChI=1S/C15H17NO4S/c17-15(9-11-6-8-21(18,19)10-11)16-13-5-7-20-14-4-2-1-3-12(13)14/h1-4,6,8,11,13H,5,7,9-10H2,(H,16,17). The molecule has 2 aliphatic rings. The number of hydrogen-bond donors (Lipinski definition) is 1. The third-order valence-electron chi connectivity index (χ3n) is 3.75. The van der Waals surface area contributed by atoms with Crippen molar-refractivity contribution in [3.63, 3.8) is 0 Å². The quantitative estimate of drug-likeness (QED) is 0.920. The van der Waals surface area contributed by atoms with Crippen LogP contribution in [0, 0.1) is 5.92 Å². The van der Waals surface area contributed by atoms with Crippen molar-refractivity contribution in [2.45, 2.75) is 18.9 Å². The normalized spacial score (nSPS) is 25.9. The molecular formula is C15H17NO4S. The van der Waals surface area contributed by atoms with Gasteiger partial charge in [-0.05, 0) is 6.07 Å². The minimum atomic E-state index is -3.10. The minimum absolute atomic E-state index is 0.0325. The van der Waals surface area contributed by atoms with Crippen LogP contribution in [0.1, 0.15) is 24.4 Å². The molecule has 5 nitrogen and oxygen atoms in total. The summed E-state index contributed by atoms with van der Waals surface area (Å²) in [5.41, 5.74) is 0.978. The largest absolute Gasteiger partial charge is 0.493 e. The lowest BCUT2D eigenvalue weighted by atomic mass is 9.99. The number of hydrogen-bond acceptors (Lipinski definition) is 4. The van der Waals surface area contributed by atoms with Gasteiger partial charge in [0.05, 0.1) is 18.4 Å². The Kier molecular flexibility index (Phi) is 3.71. The highest BCUT2D eigenvalue weighted by molar-refractivity contribution is 7.94. The molecule has 0 aromatic heterocycles. The van der Waals surface area contributed by atoms with Crippen LogP contribution >= 0.6 is 0 Å². The molecule has 0 bridgehead atoms. The number of fused-ring (bicyclic) bond motifs is 1. The van der Waals surface area contributed by atoms with Crippen molar-refractivity contribution in [2.24, 2.45) is 5.92 Å². The Bertz CT molecular complexity index is 681. The zero-order valence-corrected chi connectivity index (χ0v) is 12.3. The van der Waals surface area contributed by atoms with E-state index in [1.165, 1.54) is 5.41 Å². The maximum Gasteiger partial charge on any atom is 0.221 e. The maximum atomic E-state index is 12.1. The van der Waals surface area contributed by atoms with Crippen molar-refractivity contribution in [1.29, 1.82) is 0 Å². The highest BCUT2D eigenvalue weighted by Gasteiger charge is 2.26. The first kappa shape index (κ1) is 14.1. The molecule has 112 valence electrons. The third kappa shape index (κ3) is 3.26. The number of nitrogens with one attached hydrogen (secondary N) is 1. The van der Waals surface area contributed by atoms with Crippen molar-refractivity contribution in [3.05, 3.63) is 41.3 Å². The van der Waals surface area contributed by atoms with E-state index in [0.717, 1.165) is 17.7 Å². The second-order valence-electron chi connectivity index (χ2n) is 5.42. The molecule has 1 aromatic carbocycles. The Morgan fingerprint density at radius 3 is 2.90 bits per heavy atom. The monoisotopic (exact) mass is 307 g/mol. The lowest BCUT2D eigenvalue weighted by molar-refractivity contribution is -0.122. The molecule has 0 fully saturated rings. The van der Waals surface area contributed by atoms with Gasteiger partial charge < -0.3 is 10.1 Å². The highest BCUT2D eigenvalue weighted by atomic mass is 32.2. The van der Waals surface area contributed by atoms with Crippen molar-refractivity contribution < 1.29 is 17.9 Å². The van der Waals surface area contributed by atoms with Gasteiger partial charge in [-0.25, -0.2) is 8.42 Å². The van der Waals surface area contributed by atoms with Crippen LogP contribution in [-0.2, 0) is 14.6 Å². The summed E-state index contributed by atoms with van der Waals surface area (Å²) in [6.07, 6.45) is 2.53. The SMILES string of the molecule is O=C(CC1C=CS(=O)(=O)C1)NC1CCOc2ccccc21. The summed E-state index contributed by atoms with van der Waals surface area (Å²) < 4.78 is 28.2. The fourth-order valence-corrected chi connectivity index (χ4v) is 4.15. The summed E-state index contributed by atoms with van der Waals surface area (Å²) in [6, 6.07) is 7.58. The molecule has 3 rings (SSSR count). The van der Waals surface area contributed by atoms with E-state index in [1.807, 2.05) is 24.3 Å². The lowest BCUT2D eigenvalue weighted by Crippen LogP contribution is -2.33. The van der Waals surface area contributed by atoms with Crippen LogP contribution in [0.4, 0.5) is 0 Å². The van der Waals surface area contributed by atoms with Crippen LogP contribution in [0.3, 0.4) is 0 Å². The zero-order chi connectivity index (χ0) is 14.9. The van der Waals surface area contributed by atoms with Crippen LogP contribution in [0.2, 0.25) is 0 Å². The topological polar surface area (TPSA) is 72.5 Å². The second kappa shape index (κ2) is 5.52. The van der Waals surface area contributed by atoms with E-state index in [4.69, 9.17) is 4.74 Å². The molecule has 2 unspecified atom stereocenters. The summed E-state index contributed by atoms with van der Waals surface area (Å²) in [6.45, 7) is 0.569. The number of para-hydroxylation sites is 1. The van der Waals surface area contributed by atoms with Crippen LogP contribution in [0.15, 0.2) is 35.7 Å². The Hall–Kier alpha value is -1.82. The summed E-state index contributed by atoms with van der Waals surface area (Å²) in [7, 11) is -3.10. The van der Waals surface area contributed by atoms with E-state index in [-0.39, 0.29) is 30.0 Å². The van der Waals surface area contributed by atoms with Gasteiger partial charge in [0, 0.05) is 29.7 Å². The van der Waals surface area contributed by atoms with Gasteiger partial charge in [-0.15, -0.1) is 0 Å². The number of rotatable bonds is 3. The van der Waals surface area contributed by atoms with Crippen LogP contribution < -0.4 is 10.1 Å². The summed E-state index contributed by atoms with van der Waals surface area (Å²) in [5.74, 6) is 0.496. The molecule has 0 radical (unpaired) electrons. The maximum absolute atomic E-state index is 12.1. The Morgan fingerprint density at radius 2 is 2.14 bits per heavy atom. The summed E-state index contributed by atoms with van der Waals surface area (Å²) >= 11 is 0. The summed E-state index contributed by atoms with van der Waals surface area (Å²) in [5, 5.41) is 4.18. The van der Waals surface area contributed by atoms with E-state index in [0.29, 0.717) is 6.61 Å². The summed E-state index contributed by atoms with van der Waals surface area (Å²) in [4.78, 5) is 12.1. The zero-order valence-electron chi connectivity index (χ0n) is 11.5. The van der Waals surface area contributed by atoms with Crippen LogP contribution in [-0.4, -0.2) is 26.7 Å². The van der Waals surface area contributed by atoms with E-state index in [1.54, 1.807) is 6.08 Å². The number of benzene rings is 1. The molecule has 6 heteroatoms. The van der Waals surface area contributed by atoms with Gasteiger partial charge in [-0.1, -0.05) is 24.3 Å². The van der Waals surface area contributed by atoms with E-state index >= 15 is 0 Å². The molecule has 1 aromatic rings. The van der Waals surface area contributed by atoms with E-state index < -0.39 is 9.84 Å². The first-order chi connectivity index (χ1) is 10.0. The van der Waals surface area contributed by atoms with Gasteiger partial charge >= 0.3 is 0 Å². The van der Waals surface area contributed by atoms with Gasteiger partial charge in [-0.3, -0.25) is 4.79 Å². The Morgan fingerprint density at radius 1 is 1.33 bits per heavy atom. The molecule has 2 heterocycles. The molecule has 2 atom stereocenters. The number of carbonyl (C=O) groups excluding carboxylic acids is 1. The van der Waals surface area contributed by atoms with Crippen LogP contribution in [0.25, 0.3) is 0 Å². The first-order valence-corrected chi connectivity index (χ1v) is 8.67. The number of sulfone groups is 1. The lowest BCUT2D eigenvalue weighted by Gasteiger charge is -2.26. The fourth-order valence-electron chi connectivity index (χ4n) is 2.75. The van der Waals surface area contributed by atoms with E-state index in [9.17, 15) is 13.2 Å². The van der Waals surface area contributed by atoms with Crippen molar-refractivity contribution in [3.8, 4) is 5.75 Å². The molecule has 21 heavy (non-hydrogen) atoms. The molecule has 0 saturated heterocycles. The van der Waals surface area contributed by atoms with Crippen molar-refractivity contribution in [2.75, 3.05) is 12.4 Å². The van der Waals surface area contributed by atoms with Gasteiger partial charge in [0.25, 0.3) is 0 Å². The van der Waals surface area contributed by atoms with Gasteiger partial charge in [0.1, 0.15) is 5.75 Å². The molecule has 1 amide bonds. The Balaban J connectivity index is 1.63. The van der Waals surface area contributed by atoms with Crippen LogP contribution in [0.5, 0.6) is 5.75 Å². The second-order valence-corrected chi connectivity index (χ2v) is 7.35. The fraction of sp³-hybridized carbons (Fsp3) is 0.400. The molecule has 1 N–H and O–H groups in total. The molecule has 0 spiro atoms. The number of carbonyl (C=O) groups is 1. The third-order valence-corrected chi connectivity index (χ3v) is 5.21. The van der Waals surface area contributed by atoms with E-state index in [2.05, 4.69) is 5.32 Å². The van der Waals surface area contributed by atoms with Crippen molar-refractivity contribution in [1.82, 2.24) is 5.32 Å². The number of amides is 1. The van der Waals surface area contributed by atoms with Gasteiger partial charge in [0.15, 0.2) is 9.84 Å². The van der Waals surface area contributed by atoms with Gasteiger partial charge in [0.2, 0.25) is 5.91 Å². The number of ether oxygens (including phenoxy) is 1. The molecule has 2 aliphatic heterocycles. The molecular weight excluding hydrogens is 290 g/mol.